The van der Waals surface area contributed by atoms with Crippen molar-refractivity contribution in [1.29, 1.82) is 0 Å². The molecule has 2 rings (SSSR count). The van der Waals surface area contributed by atoms with Gasteiger partial charge in [0.1, 0.15) is 0 Å². The standard InChI is InChI=1S/C10H12ClNO3S2/c11-6-2-1-3-7(12)10(6)16-9-5-17(14,15)4-8(9)13/h1-3,8-9,13H,4-5,12H2. The van der Waals surface area contributed by atoms with Crippen LogP contribution < -0.4 is 5.73 Å². The van der Waals surface area contributed by atoms with Gasteiger partial charge in [0.05, 0.1) is 27.9 Å². The Balaban J connectivity index is 2.22. The highest BCUT2D eigenvalue weighted by molar-refractivity contribution is 8.02. The Hall–Kier alpha value is -0.430. The fraction of sp³-hybridized carbons (Fsp3) is 0.400. The average Bonchev–Trinajstić information content (AvgIpc) is 2.46. The second-order valence-corrected chi connectivity index (χ2v) is 7.77. The van der Waals surface area contributed by atoms with Gasteiger partial charge in [0.25, 0.3) is 0 Å². The van der Waals surface area contributed by atoms with E-state index >= 15 is 0 Å². The predicted octanol–water partition coefficient (Wildman–Crippen LogP) is 1.17. The van der Waals surface area contributed by atoms with Gasteiger partial charge in [0, 0.05) is 10.6 Å². The molecule has 0 radical (unpaired) electrons. The van der Waals surface area contributed by atoms with Gasteiger partial charge in [-0.2, -0.15) is 0 Å². The number of aliphatic hydroxyl groups excluding tert-OH is 1. The van der Waals surface area contributed by atoms with Crippen LogP contribution in [0.1, 0.15) is 0 Å². The number of benzene rings is 1. The molecule has 7 heteroatoms. The van der Waals surface area contributed by atoms with Crippen LogP contribution in [-0.2, 0) is 9.84 Å². The number of rotatable bonds is 2. The number of sulfone groups is 1. The molecule has 2 unspecified atom stereocenters. The molecular weight excluding hydrogens is 282 g/mol. The fourth-order valence-electron chi connectivity index (χ4n) is 1.71. The lowest BCUT2D eigenvalue weighted by molar-refractivity contribution is 0.207. The quantitative estimate of drug-likeness (QED) is 0.800. The van der Waals surface area contributed by atoms with Crippen LogP contribution in [-0.4, -0.2) is 36.4 Å². The molecule has 1 aliphatic rings. The number of anilines is 1. The van der Waals surface area contributed by atoms with Crippen molar-refractivity contribution in [2.75, 3.05) is 17.2 Å². The fourth-order valence-corrected chi connectivity index (χ4v) is 5.59. The summed E-state index contributed by atoms with van der Waals surface area (Å²) < 4.78 is 22.7. The van der Waals surface area contributed by atoms with Crippen LogP contribution in [0.2, 0.25) is 5.02 Å². The lowest BCUT2D eigenvalue weighted by Crippen LogP contribution is -2.20. The van der Waals surface area contributed by atoms with E-state index in [0.29, 0.717) is 15.6 Å². The Morgan fingerprint density at radius 2 is 2.12 bits per heavy atom. The highest BCUT2D eigenvalue weighted by atomic mass is 35.5. The van der Waals surface area contributed by atoms with E-state index in [4.69, 9.17) is 17.3 Å². The smallest absolute Gasteiger partial charge is 0.154 e. The molecule has 1 aromatic carbocycles. The minimum Gasteiger partial charge on any atom is -0.398 e. The average molecular weight is 294 g/mol. The van der Waals surface area contributed by atoms with Crippen molar-refractivity contribution < 1.29 is 13.5 Å². The van der Waals surface area contributed by atoms with Gasteiger partial charge < -0.3 is 10.8 Å². The van der Waals surface area contributed by atoms with E-state index in [9.17, 15) is 13.5 Å². The largest absolute Gasteiger partial charge is 0.398 e. The van der Waals surface area contributed by atoms with E-state index in [0.717, 1.165) is 0 Å². The molecule has 0 aliphatic carbocycles. The Morgan fingerprint density at radius 1 is 1.41 bits per heavy atom. The molecule has 3 N–H and O–H groups in total. The minimum atomic E-state index is -3.15. The van der Waals surface area contributed by atoms with E-state index in [1.165, 1.54) is 11.8 Å². The van der Waals surface area contributed by atoms with Gasteiger partial charge in [-0.25, -0.2) is 8.42 Å². The van der Waals surface area contributed by atoms with Gasteiger partial charge in [0.15, 0.2) is 9.84 Å². The number of hydrogen-bond donors (Lipinski definition) is 2. The van der Waals surface area contributed by atoms with E-state index < -0.39 is 21.2 Å². The number of aliphatic hydroxyl groups is 1. The van der Waals surface area contributed by atoms with Gasteiger partial charge >= 0.3 is 0 Å². The molecule has 0 bridgehead atoms. The molecule has 94 valence electrons. The third-order valence-electron chi connectivity index (χ3n) is 2.54. The van der Waals surface area contributed by atoms with Crippen molar-refractivity contribution in [3.63, 3.8) is 0 Å². The molecule has 1 aromatic rings. The molecule has 1 fully saturated rings. The van der Waals surface area contributed by atoms with E-state index in [1.54, 1.807) is 18.2 Å². The highest BCUT2D eigenvalue weighted by Gasteiger charge is 2.37. The lowest BCUT2D eigenvalue weighted by atomic mass is 10.3. The second-order valence-electron chi connectivity index (χ2n) is 3.96. The van der Waals surface area contributed by atoms with Crippen molar-refractivity contribution in [3.8, 4) is 0 Å². The minimum absolute atomic E-state index is 0.0382. The van der Waals surface area contributed by atoms with Crippen molar-refractivity contribution in [3.05, 3.63) is 23.2 Å². The number of halogens is 1. The van der Waals surface area contributed by atoms with Gasteiger partial charge in [-0.05, 0) is 12.1 Å². The van der Waals surface area contributed by atoms with E-state index in [2.05, 4.69) is 0 Å². The molecule has 1 aliphatic heterocycles. The van der Waals surface area contributed by atoms with Gasteiger partial charge in [-0.15, -0.1) is 11.8 Å². The monoisotopic (exact) mass is 293 g/mol. The van der Waals surface area contributed by atoms with Crippen LogP contribution in [0, 0.1) is 0 Å². The van der Waals surface area contributed by atoms with Crippen molar-refractivity contribution in [2.45, 2.75) is 16.2 Å². The first-order valence-corrected chi connectivity index (χ1v) is 8.06. The number of nitrogens with two attached hydrogens (primary N) is 1. The van der Waals surface area contributed by atoms with Crippen LogP contribution in [0.15, 0.2) is 23.1 Å². The summed E-state index contributed by atoms with van der Waals surface area (Å²) in [5.41, 5.74) is 6.28. The molecule has 17 heavy (non-hydrogen) atoms. The molecule has 0 spiro atoms. The van der Waals surface area contributed by atoms with Crippen LogP contribution in [0.5, 0.6) is 0 Å². The summed E-state index contributed by atoms with van der Waals surface area (Å²) in [5.74, 6) is -0.224. The zero-order valence-corrected chi connectivity index (χ0v) is 11.2. The van der Waals surface area contributed by atoms with Crippen LogP contribution in [0.3, 0.4) is 0 Å². The van der Waals surface area contributed by atoms with Crippen LogP contribution in [0.4, 0.5) is 5.69 Å². The summed E-state index contributed by atoms with van der Waals surface area (Å²) in [6.45, 7) is 0. The number of nitrogen functional groups attached to an aromatic ring is 1. The summed E-state index contributed by atoms with van der Waals surface area (Å²) in [5, 5.41) is 9.76. The Kier molecular flexibility index (Phi) is 3.58. The molecule has 1 saturated heterocycles. The van der Waals surface area contributed by atoms with Crippen molar-refractivity contribution >= 4 is 38.9 Å². The third-order valence-corrected chi connectivity index (χ3v) is 6.37. The molecule has 0 amide bonds. The summed E-state index contributed by atoms with van der Waals surface area (Å²) in [6, 6.07) is 5.11. The zero-order chi connectivity index (χ0) is 12.6. The first-order valence-electron chi connectivity index (χ1n) is 4.98. The zero-order valence-electron chi connectivity index (χ0n) is 8.84. The molecular formula is C10H12ClNO3S2. The Morgan fingerprint density at radius 3 is 2.65 bits per heavy atom. The summed E-state index contributed by atoms with van der Waals surface area (Å²) >= 11 is 7.22. The van der Waals surface area contributed by atoms with Gasteiger partial charge in [-0.3, -0.25) is 0 Å². The topological polar surface area (TPSA) is 80.4 Å². The van der Waals surface area contributed by atoms with E-state index in [-0.39, 0.29) is 11.5 Å². The maximum atomic E-state index is 11.4. The predicted molar refractivity (Wildman–Crippen MR) is 70.2 cm³/mol. The van der Waals surface area contributed by atoms with Crippen LogP contribution >= 0.6 is 23.4 Å². The highest BCUT2D eigenvalue weighted by Crippen LogP contribution is 2.38. The maximum Gasteiger partial charge on any atom is 0.154 e. The normalized spacial score (nSPS) is 27.2. The van der Waals surface area contributed by atoms with E-state index in [1.807, 2.05) is 0 Å². The second kappa shape index (κ2) is 4.68. The molecule has 4 nitrogen and oxygen atoms in total. The number of hydrogen-bond acceptors (Lipinski definition) is 5. The Bertz CT molecular complexity index is 512. The third kappa shape index (κ3) is 2.88. The molecule has 2 atom stereocenters. The summed E-state index contributed by atoms with van der Waals surface area (Å²) in [4.78, 5) is 0.635. The van der Waals surface area contributed by atoms with Crippen LogP contribution in [0.25, 0.3) is 0 Å². The van der Waals surface area contributed by atoms with Crippen molar-refractivity contribution in [2.24, 2.45) is 0 Å². The molecule has 1 heterocycles. The number of thioether (sulfide) groups is 1. The maximum absolute atomic E-state index is 11.4. The van der Waals surface area contributed by atoms with Gasteiger partial charge in [-0.1, -0.05) is 17.7 Å². The molecule has 0 saturated carbocycles. The SMILES string of the molecule is Nc1cccc(Cl)c1SC1CS(=O)(=O)CC1O. The molecule has 0 aromatic heterocycles. The summed E-state index contributed by atoms with van der Waals surface area (Å²) in [6.07, 6.45) is -0.860. The first-order chi connectivity index (χ1) is 7.89. The van der Waals surface area contributed by atoms with Crippen molar-refractivity contribution in [1.82, 2.24) is 0 Å². The summed E-state index contributed by atoms with van der Waals surface area (Å²) in [7, 11) is -3.15. The van der Waals surface area contributed by atoms with Gasteiger partial charge in [0.2, 0.25) is 0 Å². The Labute approximate surface area is 109 Å². The first kappa shape index (κ1) is 13.0. The lowest BCUT2D eigenvalue weighted by Gasteiger charge is -2.14.